The molecule has 1 amide bonds. The van der Waals surface area contributed by atoms with Crippen LogP contribution in [0.5, 0.6) is 0 Å². The number of hydrogen-bond acceptors (Lipinski definition) is 3. The molecule has 1 aromatic heterocycles. The Hall–Kier alpha value is -1.88. The summed E-state index contributed by atoms with van der Waals surface area (Å²) in [7, 11) is 0. The van der Waals surface area contributed by atoms with Gasteiger partial charge >= 0.3 is 5.97 Å². The minimum absolute atomic E-state index is 0.0548. The second-order valence-corrected chi connectivity index (χ2v) is 8.18. The molecule has 5 heteroatoms. The molecule has 2 aromatic rings. The smallest absolute Gasteiger partial charge is 0.346 e. The summed E-state index contributed by atoms with van der Waals surface area (Å²) in [4.78, 5) is 24.2. The molecule has 4 nitrogen and oxygen atoms in total. The number of aromatic carboxylic acids is 1. The molecule has 0 aliphatic heterocycles. The third-order valence-corrected chi connectivity index (χ3v) is 6.89. The van der Waals surface area contributed by atoms with Crippen LogP contribution < -0.4 is 5.32 Å². The average Bonchev–Trinajstić information content (AvgIpc) is 3.26. The molecule has 126 valence electrons. The van der Waals surface area contributed by atoms with E-state index in [1.807, 2.05) is 24.3 Å². The highest BCUT2D eigenvalue weighted by Gasteiger charge is 2.40. The number of carboxylic acids is 1. The molecule has 2 fully saturated rings. The molecule has 3 unspecified atom stereocenters. The Bertz CT molecular complexity index is 797. The van der Waals surface area contributed by atoms with E-state index in [1.165, 1.54) is 37.0 Å². The molecule has 0 spiro atoms. The van der Waals surface area contributed by atoms with Gasteiger partial charge in [-0.25, -0.2) is 4.79 Å². The highest BCUT2D eigenvalue weighted by Crippen LogP contribution is 2.49. The topological polar surface area (TPSA) is 66.4 Å². The Morgan fingerprint density at radius 2 is 2.04 bits per heavy atom. The first-order valence-electron chi connectivity index (χ1n) is 8.62. The second-order valence-electron chi connectivity index (χ2n) is 7.13. The number of fused-ring (bicyclic) bond motifs is 3. The first-order valence-corrected chi connectivity index (χ1v) is 9.44. The number of hydrogen-bond donors (Lipinski definition) is 2. The zero-order valence-electron chi connectivity index (χ0n) is 13.5. The van der Waals surface area contributed by atoms with Crippen LogP contribution in [0.15, 0.2) is 24.3 Å². The lowest BCUT2D eigenvalue weighted by molar-refractivity contribution is -0.122. The van der Waals surface area contributed by atoms with Crippen molar-refractivity contribution in [3.8, 4) is 0 Å². The number of carbonyl (C=O) groups is 2. The predicted molar refractivity (Wildman–Crippen MR) is 94.2 cm³/mol. The first kappa shape index (κ1) is 15.6. The van der Waals surface area contributed by atoms with Crippen molar-refractivity contribution in [2.75, 3.05) is 0 Å². The number of thiophene rings is 1. The number of nitrogens with one attached hydrogen (secondary N) is 1. The van der Waals surface area contributed by atoms with E-state index >= 15 is 0 Å². The van der Waals surface area contributed by atoms with Crippen molar-refractivity contribution < 1.29 is 14.7 Å². The van der Waals surface area contributed by atoms with E-state index in [9.17, 15) is 14.7 Å². The largest absolute Gasteiger partial charge is 0.477 e. The van der Waals surface area contributed by atoms with Crippen molar-refractivity contribution in [3.63, 3.8) is 0 Å². The van der Waals surface area contributed by atoms with Crippen LogP contribution in [0.25, 0.3) is 10.1 Å². The van der Waals surface area contributed by atoms with Crippen molar-refractivity contribution in [2.24, 2.45) is 17.8 Å². The number of amides is 1. The number of benzene rings is 1. The molecule has 3 atom stereocenters. The summed E-state index contributed by atoms with van der Waals surface area (Å²) in [6.07, 6.45) is 5.70. The highest BCUT2D eigenvalue weighted by molar-refractivity contribution is 7.21. The fourth-order valence-electron chi connectivity index (χ4n) is 4.57. The van der Waals surface area contributed by atoms with Gasteiger partial charge in [0.15, 0.2) is 0 Å². The summed E-state index contributed by atoms with van der Waals surface area (Å²) in [5.74, 6) is 1.24. The van der Waals surface area contributed by atoms with Crippen LogP contribution in [-0.2, 0) is 11.3 Å². The van der Waals surface area contributed by atoms with Crippen LogP contribution in [0.3, 0.4) is 0 Å². The number of carbonyl (C=O) groups excluding carboxylic acids is 1. The maximum atomic E-state index is 12.3. The SMILES string of the molecule is O=C(CC1CC2CCC1C2)NCc1c(C(=O)O)sc2ccccc12. The summed E-state index contributed by atoms with van der Waals surface area (Å²) < 4.78 is 0.951. The molecule has 24 heavy (non-hydrogen) atoms. The van der Waals surface area contributed by atoms with Crippen molar-refractivity contribution in [1.82, 2.24) is 5.32 Å². The lowest BCUT2D eigenvalue weighted by Gasteiger charge is -2.20. The Morgan fingerprint density at radius 1 is 1.21 bits per heavy atom. The average molecular weight is 343 g/mol. The molecule has 2 N–H and O–H groups in total. The van der Waals surface area contributed by atoms with Gasteiger partial charge in [0, 0.05) is 23.2 Å². The van der Waals surface area contributed by atoms with Crippen molar-refractivity contribution in [2.45, 2.75) is 38.6 Å². The molecular formula is C19H21NO3S. The summed E-state index contributed by atoms with van der Waals surface area (Å²) in [6, 6.07) is 7.66. The highest BCUT2D eigenvalue weighted by atomic mass is 32.1. The van der Waals surface area contributed by atoms with Crippen molar-refractivity contribution in [1.29, 1.82) is 0 Å². The maximum absolute atomic E-state index is 12.3. The van der Waals surface area contributed by atoms with E-state index in [0.717, 1.165) is 27.5 Å². The molecule has 2 aliphatic rings. The number of rotatable bonds is 5. The van der Waals surface area contributed by atoms with Crippen LogP contribution in [0.2, 0.25) is 0 Å². The van der Waals surface area contributed by atoms with Crippen LogP contribution in [0.4, 0.5) is 0 Å². The quantitative estimate of drug-likeness (QED) is 0.861. The zero-order valence-corrected chi connectivity index (χ0v) is 14.3. The van der Waals surface area contributed by atoms with Gasteiger partial charge in [0.25, 0.3) is 0 Å². The molecule has 1 aromatic carbocycles. The van der Waals surface area contributed by atoms with Gasteiger partial charge in [-0.15, -0.1) is 11.3 Å². The summed E-state index contributed by atoms with van der Waals surface area (Å²) >= 11 is 1.28. The van der Waals surface area contributed by atoms with Crippen molar-refractivity contribution in [3.05, 3.63) is 34.7 Å². The zero-order chi connectivity index (χ0) is 16.7. The second kappa shape index (κ2) is 6.20. The van der Waals surface area contributed by atoms with Gasteiger partial charge in [0.05, 0.1) is 0 Å². The van der Waals surface area contributed by atoms with Gasteiger partial charge in [0.1, 0.15) is 4.88 Å². The Morgan fingerprint density at radius 3 is 2.75 bits per heavy atom. The van der Waals surface area contributed by atoms with Gasteiger partial charge in [-0.1, -0.05) is 24.6 Å². The van der Waals surface area contributed by atoms with Gasteiger partial charge in [-0.05, 0) is 48.5 Å². The Balaban J connectivity index is 1.45. The molecule has 2 bridgehead atoms. The van der Waals surface area contributed by atoms with Crippen LogP contribution in [-0.4, -0.2) is 17.0 Å². The fraction of sp³-hybridized carbons (Fsp3) is 0.474. The number of carboxylic acid groups (broad SMARTS) is 1. The summed E-state index contributed by atoms with van der Waals surface area (Å²) in [5.41, 5.74) is 0.726. The Kier molecular flexibility index (Phi) is 4.04. The van der Waals surface area contributed by atoms with Crippen molar-refractivity contribution >= 4 is 33.3 Å². The molecule has 4 rings (SSSR count). The molecule has 2 aliphatic carbocycles. The van der Waals surface area contributed by atoms with Gasteiger partial charge < -0.3 is 10.4 Å². The van der Waals surface area contributed by atoms with E-state index in [1.54, 1.807) is 0 Å². The fourth-order valence-corrected chi connectivity index (χ4v) is 5.63. The molecular weight excluding hydrogens is 322 g/mol. The lowest BCUT2D eigenvalue weighted by Crippen LogP contribution is -2.27. The minimum Gasteiger partial charge on any atom is -0.477 e. The van der Waals surface area contributed by atoms with Crippen LogP contribution in [0.1, 0.15) is 47.3 Å². The van der Waals surface area contributed by atoms with Gasteiger partial charge in [-0.3, -0.25) is 4.79 Å². The van der Waals surface area contributed by atoms with E-state index in [-0.39, 0.29) is 5.91 Å². The Labute approximate surface area is 144 Å². The molecule has 0 saturated heterocycles. The normalized spacial score (nSPS) is 25.2. The molecule has 2 saturated carbocycles. The van der Waals surface area contributed by atoms with Gasteiger partial charge in [0.2, 0.25) is 5.91 Å². The van der Waals surface area contributed by atoms with E-state index in [0.29, 0.717) is 23.8 Å². The third kappa shape index (κ3) is 2.81. The summed E-state index contributed by atoms with van der Waals surface area (Å²) in [5, 5.41) is 13.3. The lowest BCUT2D eigenvalue weighted by atomic mass is 9.86. The van der Waals surface area contributed by atoms with E-state index in [4.69, 9.17) is 0 Å². The first-order chi connectivity index (χ1) is 11.6. The van der Waals surface area contributed by atoms with E-state index < -0.39 is 5.97 Å². The molecule has 0 radical (unpaired) electrons. The summed E-state index contributed by atoms with van der Waals surface area (Å²) in [6.45, 7) is 0.297. The predicted octanol–water partition coefficient (Wildman–Crippen LogP) is 4.04. The maximum Gasteiger partial charge on any atom is 0.346 e. The standard InChI is InChI=1S/C19H21NO3S/c21-17(9-13-8-11-5-6-12(13)7-11)20-10-15-14-3-1-2-4-16(14)24-18(15)19(22)23/h1-4,11-13H,5-10H2,(H,20,21)(H,22,23). The minimum atomic E-state index is -0.923. The van der Waals surface area contributed by atoms with Crippen LogP contribution >= 0.6 is 11.3 Å². The third-order valence-electron chi connectivity index (χ3n) is 5.69. The van der Waals surface area contributed by atoms with Gasteiger partial charge in [-0.2, -0.15) is 0 Å². The van der Waals surface area contributed by atoms with Crippen LogP contribution in [0, 0.1) is 17.8 Å². The monoisotopic (exact) mass is 343 g/mol. The molecule has 1 heterocycles. The van der Waals surface area contributed by atoms with E-state index in [2.05, 4.69) is 5.32 Å².